The van der Waals surface area contributed by atoms with E-state index in [-0.39, 0.29) is 10.8 Å². The molecular formula is C26H34N4O3S2. The highest BCUT2D eigenvalue weighted by Crippen LogP contribution is 2.33. The van der Waals surface area contributed by atoms with Gasteiger partial charge in [-0.25, -0.2) is 13.4 Å². The number of anilines is 1. The molecule has 0 spiro atoms. The van der Waals surface area contributed by atoms with Gasteiger partial charge in [0.15, 0.2) is 5.13 Å². The third-order valence-electron chi connectivity index (χ3n) is 6.68. The smallest absolute Gasteiger partial charge is 0.247 e. The van der Waals surface area contributed by atoms with Gasteiger partial charge in [0, 0.05) is 19.6 Å². The van der Waals surface area contributed by atoms with Crippen molar-refractivity contribution in [2.45, 2.75) is 51.5 Å². The molecule has 1 aliphatic rings. The highest BCUT2D eigenvalue weighted by atomic mass is 32.2. The minimum atomic E-state index is -3.78. The van der Waals surface area contributed by atoms with E-state index in [1.165, 1.54) is 15.6 Å². The molecular weight excluding hydrogens is 480 g/mol. The van der Waals surface area contributed by atoms with Crippen molar-refractivity contribution >= 4 is 42.6 Å². The number of nitrogens with zero attached hydrogens (tertiary/aromatic N) is 4. The fraction of sp³-hybridized carbons (Fsp3) is 0.462. The van der Waals surface area contributed by atoms with Crippen LogP contribution in [0.2, 0.25) is 0 Å². The summed E-state index contributed by atoms with van der Waals surface area (Å²) in [6.45, 7) is 11.4. The SMILES string of the molecule is CCN(CC)CCN(C(=O)C1CCCN1S(=O)(=O)c1ccc(C)cc1)c1nc2ccc(C)cc2s1. The number of hydrogen-bond acceptors (Lipinski definition) is 6. The van der Waals surface area contributed by atoms with Crippen molar-refractivity contribution in [1.29, 1.82) is 0 Å². The summed E-state index contributed by atoms with van der Waals surface area (Å²) in [7, 11) is -3.78. The molecule has 2 heterocycles. The van der Waals surface area contributed by atoms with E-state index in [0.29, 0.717) is 37.6 Å². The summed E-state index contributed by atoms with van der Waals surface area (Å²) in [6, 6.07) is 12.2. The van der Waals surface area contributed by atoms with Crippen molar-refractivity contribution in [3.63, 3.8) is 0 Å². The van der Waals surface area contributed by atoms with Gasteiger partial charge in [-0.3, -0.25) is 9.69 Å². The number of amides is 1. The number of aromatic nitrogens is 1. The second-order valence-electron chi connectivity index (χ2n) is 9.07. The van der Waals surface area contributed by atoms with Crippen LogP contribution in [0.4, 0.5) is 5.13 Å². The van der Waals surface area contributed by atoms with Crippen LogP contribution in [-0.4, -0.2) is 67.3 Å². The van der Waals surface area contributed by atoms with Crippen molar-refractivity contribution in [1.82, 2.24) is 14.2 Å². The zero-order valence-electron chi connectivity index (χ0n) is 20.9. The van der Waals surface area contributed by atoms with E-state index in [4.69, 9.17) is 4.98 Å². The third-order valence-corrected chi connectivity index (χ3v) is 9.64. The third kappa shape index (κ3) is 5.43. The lowest BCUT2D eigenvalue weighted by atomic mass is 10.2. The number of rotatable bonds is 9. The summed E-state index contributed by atoms with van der Waals surface area (Å²) in [5.74, 6) is -0.193. The molecule has 1 atom stereocenters. The molecule has 1 fully saturated rings. The molecule has 4 rings (SSSR count). The van der Waals surface area contributed by atoms with Crippen LogP contribution in [0.3, 0.4) is 0 Å². The predicted octanol–water partition coefficient (Wildman–Crippen LogP) is 4.44. The minimum absolute atomic E-state index is 0.193. The number of sulfonamides is 1. The zero-order chi connectivity index (χ0) is 25.2. The Kier molecular flexibility index (Phi) is 7.90. The van der Waals surface area contributed by atoms with Crippen LogP contribution in [0.25, 0.3) is 10.2 Å². The fourth-order valence-corrected chi connectivity index (χ4v) is 7.26. The number of fused-ring (bicyclic) bond motifs is 1. The highest BCUT2D eigenvalue weighted by Gasteiger charge is 2.42. The molecule has 1 amide bonds. The maximum atomic E-state index is 14.0. The normalized spacial score (nSPS) is 16.9. The van der Waals surface area contributed by atoms with Gasteiger partial charge in [0.25, 0.3) is 0 Å². The predicted molar refractivity (Wildman–Crippen MR) is 143 cm³/mol. The summed E-state index contributed by atoms with van der Waals surface area (Å²) in [5.41, 5.74) is 2.98. The van der Waals surface area contributed by atoms with Gasteiger partial charge in [-0.1, -0.05) is 48.9 Å². The van der Waals surface area contributed by atoms with Crippen LogP contribution in [0.1, 0.15) is 37.8 Å². The molecule has 9 heteroatoms. The first-order chi connectivity index (χ1) is 16.7. The van der Waals surface area contributed by atoms with Crippen molar-refractivity contribution in [3.8, 4) is 0 Å². The van der Waals surface area contributed by atoms with Gasteiger partial charge in [0.2, 0.25) is 15.9 Å². The topological polar surface area (TPSA) is 73.8 Å². The standard InChI is InChI=1S/C26H34N4O3S2/c1-5-28(6-2)16-17-29(26-27-22-14-11-20(4)18-24(22)34-26)25(31)23-8-7-15-30(23)35(32,33)21-12-9-19(3)10-13-21/h9-14,18,23H,5-8,15-17H2,1-4H3. The van der Waals surface area contributed by atoms with Gasteiger partial charge < -0.3 is 4.90 Å². The first-order valence-electron chi connectivity index (χ1n) is 12.2. The Labute approximate surface area is 212 Å². The molecule has 0 N–H and O–H groups in total. The summed E-state index contributed by atoms with van der Waals surface area (Å²) < 4.78 is 29.4. The van der Waals surface area contributed by atoms with Gasteiger partial charge >= 0.3 is 0 Å². The molecule has 35 heavy (non-hydrogen) atoms. The lowest BCUT2D eigenvalue weighted by Gasteiger charge is -2.30. The number of likely N-dealkylation sites (N-methyl/N-ethyl adjacent to an activating group) is 1. The fourth-order valence-electron chi connectivity index (χ4n) is 4.52. The van der Waals surface area contributed by atoms with Crippen LogP contribution < -0.4 is 4.90 Å². The number of benzene rings is 2. The largest absolute Gasteiger partial charge is 0.302 e. The van der Waals surface area contributed by atoms with Crippen molar-refractivity contribution in [3.05, 3.63) is 53.6 Å². The van der Waals surface area contributed by atoms with Gasteiger partial charge in [-0.2, -0.15) is 4.31 Å². The van der Waals surface area contributed by atoms with E-state index in [2.05, 4.69) is 24.8 Å². The van der Waals surface area contributed by atoms with Gasteiger partial charge in [-0.15, -0.1) is 0 Å². The highest BCUT2D eigenvalue weighted by molar-refractivity contribution is 7.89. The average molecular weight is 515 g/mol. The molecule has 1 aliphatic heterocycles. The lowest BCUT2D eigenvalue weighted by molar-refractivity contribution is -0.121. The Morgan fingerprint density at radius 1 is 1.06 bits per heavy atom. The maximum Gasteiger partial charge on any atom is 0.247 e. The Hall–Kier alpha value is -2.33. The maximum absolute atomic E-state index is 14.0. The van der Waals surface area contributed by atoms with Gasteiger partial charge in [0.1, 0.15) is 6.04 Å². The summed E-state index contributed by atoms with van der Waals surface area (Å²) in [5, 5.41) is 0.627. The molecule has 0 bridgehead atoms. The number of hydrogen-bond donors (Lipinski definition) is 0. The van der Waals surface area contributed by atoms with Crippen LogP contribution in [-0.2, 0) is 14.8 Å². The summed E-state index contributed by atoms with van der Waals surface area (Å²) in [6.07, 6.45) is 1.17. The van der Waals surface area contributed by atoms with E-state index in [1.807, 2.05) is 26.0 Å². The molecule has 1 unspecified atom stereocenters. The van der Waals surface area contributed by atoms with E-state index in [1.54, 1.807) is 29.2 Å². The number of aryl methyl sites for hydroxylation is 2. The molecule has 7 nitrogen and oxygen atoms in total. The first-order valence-corrected chi connectivity index (χ1v) is 14.5. The van der Waals surface area contributed by atoms with E-state index in [0.717, 1.165) is 34.4 Å². The van der Waals surface area contributed by atoms with Crippen molar-refractivity contribution < 1.29 is 13.2 Å². The van der Waals surface area contributed by atoms with Gasteiger partial charge in [-0.05, 0) is 69.6 Å². The van der Waals surface area contributed by atoms with Crippen molar-refractivity contribution in [2.75, 3.05) is 37.6 Å². The summed E-state index contributed by atoms with van der Waals surface area (Å²) in [4.78, 5) is 23.0. The molecule has 2 aromatic carbocycles. The Morgan fingerprint density at radius 2 is 1.74 bits per heavy atom. The quantitative estimate of drug-likeness (QED) is 0.422. The zero-order valence-corrected chi connectivity index (χ0v) is 22.5. The Balaban J connectivity index is 1.67. The monoisotopic (exact) mass is 514 g/mol. The van der Waals surface area contributed by atoms with E-state index >= 15 is 0 Å². The van der Waals surface area contributed by atoms with Crippen LogP contribution >= 0.6 is 11.3 Å². The van der Waals surface area contributed by atoms with Gasteiger partial charge in [0.05, 0.1) is 15.1 Å². The van der Waals surface area contributed by atoms with Crippen LogP contribution in [0.15, 0.2) is 47.4 Å². The lowest BCUT2D eigenvalue weighted by Crippen LogP contribution is -2.49. The average Bonchev–Trinajstić information content (AvgIpc) is 3.49. The molecule has 188 valence electrons. The number of thiazole rings is 1. The molecule has 3 aromatic rings. The second kappa shape index (κ2) is 10.7. The van der Waals surface area contributed by atoms with Crippen LogP contribution in [0.5, 0.6) is 0 Å². The number of carbonyl (C=O) groups excluding carboxylic acids is 1. The second-order valence-corrected chi connectivity index (χ2v) is 12.0. The molecule has 1 aromatic heterocycles. The molecule has 1 saturated heterocycles. The first kappa shape index (κ1) is 25.8. The van der Waals surface area contributed by atoms with Crippen LogP contribution in [0, 0.1) is 13.8 Å². The summed E-state index contributed by atoms with van der Waals surface area (Å²) >= 11 is 1.49. The van der Waals surface area contributed by atoms with E-state index < -0.39 is 16.1 Å². The Morgan fingerprint density at radius 3 is 2.43 bits per heavy atom. The Bertz CT molecular complexity index is 1280. The molecule has 0 saturated carbocycles. The minimum Gasteiger partial charge on any atom is -0.302 e. The van der Waals surface area contributed by atoms with Crippen molar-refractivity contribution in [2.24, 2.45) is 0 Å². The molecule has 0 aliphatic carbocycles. The molecule has 0 radical (unpaired) electrons. The number of carbonyl (C=O) groups is 1. The van der Waals surface area contributed by atoms with E-state index in [9.17, 15) is 13.2 Å².